The van der Waals surface area contributed by atoms with Crippen molar-refractivity contribution in [3.8, 4) is 0 Å². The van der Waals surface area contributed by atoms with Crippen molar-refractivity contribution in [3.63, 3.8) is 0 Å². The van der Waals surface area contributed by atoms with Crippen LogP contribution in [0.2, 0.25) is 0 Å². The van der Waals surface area contributed by atoms with E-state index < -0.39 is 11.9 Å². The molecule has 0 bridgehead atoms. The maximum absolute atomic E-state index is 12.5. The van der Waals surface area contributed by atoms with Crippen molar-refractivity contribution in [1.82, 2.24) is 4.90 Å². The highest BCUT2D eigenvalue weighted by molar-refractivity contribution is 6.21. The first-order chi connectivity index (χ1) is 11.6. The Morgan fingerprint density at radius 1 is 0.958 bits per heavy atom. The number of methoxy groups -OCH3 is 1. The van der Waals surface area contributed by atoms with E-state index in [1.54, 1.807) is 24.3 Å². The monoisotopic (exact) mass is 323 g/mol. The summed E-state index contributed by atoms with van der Waals surface area (Å²) in [5.74, 6) is -1.76. The minimum Gasteiger partial charge on any atom is -0.469 e. The van der Waals surface area contributed by atoms with Crippen LogP contribution >= 0.6 is 0 Å². The Labute approximate surface area is 139 Å². The summed E-state index contributed by atoms with van der Waals surface area (Å²) in [7, 11) is 1.31. The molecule has 0 radical (unpaired) electrons. The Kier molecular flexibility index (Phi) is 4.42. The number of hydrogen-bond acceptors (Lipinski definition) is 4. The lowest BCUT2D eigenvalue weighted by Gasteiger charge is -2.21. The second-order valence-corrected chi connectivity index (χ2v) is 5.68. The average Bonchev–Trinajstić information content (AvgIpc) is 2.86. The van der Waals surface area contributed by atoms with Crippen molar-refractivity contribution in [3.05, 3.63) is 71.3 Å². The molecule has 2 aromatic rings. The van der Waals surface area contributed by atoms with Crippen LogP contribution in [0.3, 0.4) is 0 Å². The number of esters is 1. The van der Waals surface area contributed by atoms with Gasteiger partial charge in [0.1, 0.15) is 0 Å². The standard InChI is InChI=1S/C19H17NO4/c1-24-19(23)14(11-13-7-3-2-4-8-13)12-20-17(21)15-9-5-6-10-16(15)18(20)22/h2-10,14H,11-12H2,1H3/t14-/m0/s1. The molecule has 0 N–H and O–H groups in total. The minimum absolute atomic E-state index is 0.00785. The predicted octanol–water partition coefficient (Wildman–Crippen LogP) is 2.31. The molecule has 0 aromatic heterocycles. The molecule has 0 spiro atoms. The predicted molar refractivity (Wildman–Crippen MR) is 87.5 cm³/mol. The van der Waals surface area contributed by atoms with Gasteiger partial charge < -0.3 is 4.74 Å². The van der Waals surface area contributed by atoms with Gasteiger partial charge in [-0.3, -0.25) is 19.3 Å². The highest BCUT2D eigenvalue weighted by atomic mass is 16.5. The Hall–Kier alpha value is -2.95. The smallest absolute Gasteiger partial charge is 0.310 e. The van der Waals surface area contributed by atoms with Crippen LogP contribution in [0.15, 0.2) is 54.6 Å². The molecule has 24 heavy (non-hydrogen) atoms. The molecule has 1 heterocycles. The number of carbonyl (C=O) groups excluding carboxylic acids is 3. The van der Waals surface area contributed by atoms with Gasteiger partial charge in [-0.05, 0) is 24.1 Å². The molecule has 2 amide bonds. The maximum Gasteiger partial charge on any atom is 0.310 e. The van der Waals surface area contributed by atoms with Gasteiger partial charge in [0.2, 0.25) is 0 Å². The van der Waals surface area contributed by atoms with E-state index in [0.717, 1.165) is 10.5 Å². The topological polar surface area (TPSA) is 63.7 Å². The van der Waals surface area contributed by atoms with E-state index >= 15 is 0 Å². The van der Waals surface area contributed by atoms with E-state index in [4.69, 9.17) is 4.74 Å². The summed E-state index contributed by atoms with van der Waals surface area (Å²) in [5.41, 5.74) is 1.71. The van der Waals surface area contributed by atoms with Crippen LogP contribution in [0.25, 0.3) is 0 Å². The first-order valence-electron chi connectivity index (χ1n) is 7.68. The zero-order chi connectivity index (χ0) is 17.1. The summed E-state index contributed by atoms with van der Waals surface area (Å²) < 4.78 is 4.85. The maximum atomic E-state index is 12.5. The third-order valence-electron chi connectivity index (χ3n) is 4.14. The average molecular weight is 323 g/mol. The fourth-order valence-electron chi connectivity index (χ4n) is 2.91. The number of rotatable bonds is 5. The fraction of sp³-hybridized carbons (Fsp3) is 0.211. The van der Waals surface area contributed by atoms with Gasteiger partial charge in [-0.25, -0.2) is 0 Å². The van der Waals surface area contributed by atoms with E-state index in [2.05, 4.69) is 0 Å². The number of fused-ring (bicyclic) bond motifs is 1. The van der Waals surface area contributed by atoms with Gasteiger partial charge in [-0.2, -0.15) is 0 Å². The number of hydrogen-bond donors (Lipinski definition) is 0. The van der Waals surface area contributed by atoms with E-state index in [9.17, 15) is 14.4 Å². The molecule has 1 atom stereocenters. The van der Waals surface area contributed by atoms with Gasteiger partial charge in [0, 0.05) is 6.54 Å². The number of imide groups is 1. The lowest BCUT2D eigenvalue weighted by atomic mass is 9.99. The number of carbonyl (C=O) groups is 3. The van der Waals surface area contributed by atoms with E-state index in [1.807, 2.05) is 30.3 Å². The van der Waals surface area contributed by atoms with Gasteiger partial charge in [0.15, 0.2) is 0 Å². The summed E-state index contributed by atoms with van der Waals surface area (Å²) in [6.07, 6.45) is 0.404. The molecule has 0 saturated carbocycles. The van der Waals surface area contributed by atoms with E-state index in [-0.39, 0.29) is 18.4 Å². The highest BCUT2D eigenvalue weighted by Gasteiger charge is 2.37. The summed E-state index contributed by atoms with van der Waals surface area (Å²) >= 11 is 0. The van der Waals surface area contributed by atoms with Gasteiger partial charge in [-0.1, -0.05) is 42.5 Å². The van der Waals surface area contributed by atoms with Crippen LogP contribution in [0.5, 0.6) is 0 Å². The molecule has 0 fully saturated rings. The lowest BCUT2D eigenvalue weighted by molar-refractivity contribution is -0.145. The number of nitrogens with zero attached hydrogens (tertiary/aromatic N) is 1. The largest absolute Gasteiger partial charge is 0.469 e. The molecule has 0 aliphatic carbocycles. The Morgan fingerprint density at radius 2 is 1.50 bits per heavy atom. The SMILES string of the molecule is COC(=O)[C@@H](Cc1ccccc1)CN1C(=O)c2ccccc2C1=O. The Balaban J connectivity index is 1.82. The zero-order valence-electron chi connectivity index (χ0n) is 13.3. The van der Waals surface area contributed by atoms with Crippen molar-refractivity contribution >= 4 is 17.8 Å². The zero-order valence-corrected chi connectivity index (χ0v) is 13.3. The van der Waals surface area contributed by atoms with Gasteiger partial charge in [0.05, 0.1) is 24.2 Å². The third kappa shape index (κ3) is 2.93. The molecular weight excluding hydrogens is 306 g/mol. The van der Waals surface area contributed by atoms with Crippen LogP contribution in [0, 0.1) is 5.92 Å². The van der Waals surface area contributed by atoms with Gasteiger partial charge in [-0.15, -0.1) is 0 Å². The number of ether oxygens (including phenoxy) is 1. The van der Waals surface area contributed by atoms with Crippen molar-refractivity contribution in [2.24, 2.45) is 5.92 Å². The summed E-state index contributed by atoms with van der Waals surface area (Å²) in [4.78, 5) is 38.2. The molecular formula is C19H17NO4. The summed E-state index contributed by atoms with van der Waals surface area (Å²) in [6.45, 7) is 0.00785. The molecule has 1 aliphatic heterocycles. The van der Waals surface area contributed by atoms with Crippen LogP contribution in [0.4, 0.5) is 0 Å². The molecule has 5 heteroatoms. The van der Waals surface area contributed by atoms with E-state index in [0.29, 0.717) is 17.5 Å². The number of benzene rings is 2. The molecule has 1 aliphatic rings. The Bertz CT molecular complexity index is 750. The highest BCUT2D eigenvalue weighted by Crippen LogP contribution is 2.24. The van der Waals surface area contributed by atoms with Crippen LogP contribution in [-0.2, 0) is 16.0 Å². The second-order valence-electron chi connectivity index (χ2n) is 5.68. The Morgan fingerprint density at radius 3 is 2.04 bits per heavy atom. The first-order valence-corrected chi connectivity index (χ1v) is 7.68. The molecule has 122 valence electrons. The number of amides is 2. The molecule has 0 saturated heterocycles. The lowest BCUT2D eigenvalue weighted by Crippen LogP contribution is -2.38. The molecule has 5 nitrogen and oxygen atoms in total. The summed E-state index contributed by atoms with van der Waals surface area (Å²) in [5, 5.41) is 0. The molecule has 3 rings (SSSR count). The van der Waals surface area contributed by atoms with Crippen molar-refractivity contribution in [1.29, 1.82) is 0 Å². The third-order valence-corrected chi connectivity index (χ3v) is 4.14. The molecule has 2 aromatic carbocycles. The van der Waals surface area contributed by atoms with Crippen molar-refractivity contribution in [2.45, 2.75) is 6.42 Å². The van der Waals surface area contributed by atoms with Crippen molar-refractivity contribution < 1.29 is 19.1 Å². The summed E-state index contributed by atoms with van der Waals surface area (Å²) in [6, 6.07) is 16.1. The van der Waals surface area contributed by atoms with Gasteiger partial charge in [0.25, 0.3) is 11.8 Å². The normalized spacial score (nSPS) is 14.5. The second kappa shape index (κ2) is 6.66. The van der Waals surface area contributed by atoms with Crippen LogP contribution in [0.1, 0.15) is 26.3 Å². The quantitative estimate of drug-likeness (QED) is 0.626. The van der Waals surface area contributed by atoms with E-state index in [1.165, 1.54) is 7.11 Å². The molecule has 0 unspecified atom stereocenters. The first kappa shape index (κ1) is 15.9. The van der Waals surface area contributed by atoms with Crippen LogP contribution in [-0.4, -0.2) is 36.3 Å². The fourth-order valence-corrected chi connectivity index (χ4v) is 2.91. The minimum atomic E-state index is -0.598. The van der Waals surface area contributed by atoms with Crippen LogP contribution < -0.4 is 0 Å². The van der Waals surface area contributed by atoms with Crippen molar-refractivity contribution in [2.75, 3.05) is 13.7 Å². The van der Waals surface area contributed by atoms with Gasteiger partial charge >= 0.3 is 5.97 Å².